The van der Waals surface area contributed by atoms with Crippen molar-refractivity contribution in [2.45, 2.75) is 0 Å². The van der Waals surface area contributed by atoms with Gasteiger partial charge in [0.05, 0.1) is 12.8 Å². The van der Waals surface area contributed by atoms with Gasteiger partial charge in [0, 0.05) is 35.1 Å². The lowest BCUT2D eigenvalue weighted by Crippen LogP contribution is -2.07. The molecule has 2 aromatic carbocycles. The molecule has 0 saturated carbocycles. The van der Waals surface area contributed by atoms with Crippen LogP contribution in [0.2, 0.25) is 0 Å². The zero-order valence-corrected chi connectivity index (χ0v) is 15.4. The van der Waals surface area contributed by atoms with E-state index in [0.29, 0.717) is 0 Å². The van der Waals surface area contributed by atoms with Crippen LogP contribution in [0.5, 0.6) is 5.75 Å². The largest absolute Gasteiger partial charge is 0.497 e. The molecule has 0 bridgehead atoms. The molecule has 2 heterocycles. The number of methoxy groups -OCH3 is 1. The lowest BCUT2D eigenvalue weighted by molar-refractivity contribution is -0.111. The molecule has 0 unspecified atom stereocenters. The van der Waals surface area contributed by atoms with E-state index in [1.165, 1.54) is 6.08 Å². The number of imidazole rings is 1. The van der Waals surface area contributed by atoms with Crippen molar-refractivity contribution in [3.05, 3.63) is 77.9 Å². The molecule has 27 heavy (non-hydrogen) atoms. The summed E-state index contributed by atoms with van der Waals surface area (Å²) in [6, 6.07) is 15.2. The van der Waals surface area contributed by atoms with Crippen LogP contribution in [-0.4, -0.2) is 22.4 Å². The molecule has 0 aliphatic heterocycles. The van der Waals surface area contributed by atoms with Crippen LogP contribution in [0.15, 0.2) is 72.4 Å². The van der Waals surface area contributed by atoms with Gasteiger partial charge in [0.1, 0.15) is 5.75 Å². The second-order valence-electron chi connectivity index (χ2n) is 5.90. The number of rotatable bonds is 5. The normalized spacial score (nSPS) is 11.1. The highest BCUT2D eigenvalue weighted by Crippen LogP contribution is 2.23. The van der Waals surface area contributed by atoms with Crippen molar-refractivity contribution in [3.8, 4) is 17.0 Å². The van der Waals surface area contributed by atoms with Crippen molar-refractivity contribution in [1.82, 2.24) is 9.38 Å². The first-order chi connectivity index (χ1) is 13.2. The molecule has 4 aromatic rings. The molecule has 4 rings (SSSR count). The van der Waals surface area contributed by atoms with Crippen molar-refractivity contribution >= 4 is 34.0 Å². The maximum atomic E-state index is 12.1. The number of thiazole rings is 1. The second kappa shape index (κ2) is 7.47. The molecule has 6 heteroatoms. The Morgan fingerprint density at radius 1 is 1.22 bits per heavy atom. The minimum Gasteiger partial charge on any atom is -0.497 e. The number of amides is 1. The molecule has 2 aromatic heterocycles. The van der Waals surface area contributed by atoms with Crippen molar-refractivity contribution in [2.24, 2.45) is 0 Å². The number of fused-ring (bicyclic) bond motifs is 1. The van der Waals surface area contributed by atoms with E-state index in [2.05, 4.69) is 10.3 Å². The maximum absolute atomic E-state index is 12.1. The highest BCUT2D eigenvalue weighted by molar-refractivity contribution is 7.15. The number of ether oxygens (including phenoxy) is 1. The van der Waals surface area contributed by atoms with Gasteiger partial charge in [-0.05, 0) is 35.9 Å². The Morgan fingerprint density at radius 2 is 2.07 bits per heavy atom. The van der Waals surface area contributed by atoms with Gasteiger partial charge < -0.3 is 10.1 Å². The molecule has 0 fully saturated rings. The van der Waals surface area contributed by atoms with E-state index in [4.69, 9.17) is 4.74 Å². The van der Waals surface area contributed by atoms with E-state index in [-0.39, 0.29) is 5.91 Å². The summed E-state index contributed by atoms with van der Waals surface area (Å²) in [5.74, 6) is 0.570. The zero-order valence-electron chi connectivity index (χ0n) is 14.6. The minimum absolute atomic E-state index is 0.187. The summed E-state index contributed by atoms with van der Waals surface area (Å²) < 4.78 is 7.18. The number of carbonyl (C=O) groups excluding carboxylic acids is 1. The number of anilines is 1. The topological polar surface area (TPSA) is 55.6 Å². The fourth-order valence-corrected chi connectivity index (χ4v) is 3.39. The molecule has 1 N–H and O–H groups in total. The van der Waals surface area contributed by atoms with Crippen molar-refractivity contribution < 1.29 is 9.53 Å². The molecule has 1 amide bonds. The van der Waals surface area contributed by atoms with Crippen LogP contribution in [0.25, 0.3) is 22.3 Å². The first-order valence-corrected chi connectivity index (χ1v) is 9.25. The smallest absolute Gasteiger partial charge is 0.248 e. The van der Waals surface area contributed by atoms with Crippen LogP contribution in [-0.2, 0) is 4.79 Å². The standard InChI is InChI=1S/C21H17N3O2S/c1-26-18-4-2-3-15(13-18)5-10-20(25)22-17-8-6-16(7-9-17)19-14-24-11-12-27-21(24)23-19/h2-14H,1H3,(H,22,25)/b10-5+. The predicted molar refractivity (Wildman–Crippen MR) is 109 cm³/mol. The highest BCUT2D eigenvalue weighted by atomic mass is 32.1. The Labute approximate surface area is 160 Å². The van der Waals surface area contributed by atoms with Gasteiger partial charge in [0.15, 0.2) is 4.96 Å². The number of hydrogen-bond donors (Lipinski definition) is 1. The third-order valence-electron chi connectivity index (χ3n) is 4.06. The van der Waals surface area contributed by atoms with E-state index in [1.807, 2.05) is 70.7 Å². The van der Waals surface area contributed by atoms with Gasteiger partial charge >= 0.3 is 0 Å². The Hall–Kier alpha value is -3.38. The summed E-state index contributed by atoms with van der Waals surface area (Å²) in [5.41, 5.74) is 3.56. The average molecular weight is 375 g/mol. The van der Waals surface area contributed by atoms with Crippen molar-refractivity contribution in [1.29, 1.82) is 0 Å². The molecular formula is C21H17N3O2S. The van der Waals surface area contributed by atoms with E-state index in [9.17, 15) is 4.79 Å². The SMILES string of the molecule is COc1cccc(/C=C/C(=O)Nc2ccc(-c3cn4ccsc4n3)cc2)c1. The molecule has 0 radical (unpaired) electrons. The fourth-order valence-electron chi connectivity index (χ4n) is 2.69. The molecule has 0 saturated heterocycles. The maximum Gasteiger partial charge on any atom is 0.248 e. The number of aromatic nitrogens is 2. The van der Waals surface area contributed by atoms with Crippen LogP contribution in [0.4, 0.5) is 5.69 Å². The first-order valence-electron chi connectivity index (χ1n) is 8.37. The summed E-state index contributed by atoms with van der Waals surface area (Å²) in [7, 11) is 1.62. The molecule has 0 spiro atoms. The first kappa shape index (κ1) is 17.1. The van der Waals surface area contributed by atoms with E-state index in [1.54, 1.807) is 24.5 Å². The number of nitrogens with one attached hydrogen (secondary N) is 1. The van der Waals surface area contributed by atoms with Gasteiger partial charge in [-0.15, -0.1) is 11.3 Å². The number of benzene rings is 2. The van der Waals surface area contributed by atoms with Gasteiger partial charge in [-0.25, -0.2) is 4.98 Å². The van der Waals surface area contributed by atoms with Crippen LogP contribution in [0, 0.1) is 0 Å². The monoisotopic (exact) mass is 375 g/mol. The van der Waals surface area contributed by atoms with Gasteiger partial charge in [0.25, 0.3) is 0 Å². The van der Waals surface area contributed by atoms with Gasteiger partial charge in [-0.1, -0.05) is 24.3 Å². The summed E-state index contributed by atoms with van der Waals surface area (Å²) >= 11 is 1.60. The molecular weight excluding hydrogens is 358 g/mol. The summed E-state index contributed by atoms with van der Waals surface area (Å²) in [4.78, 5) is 17.7. The lowest BCUT2D eigenvalue weighted by Gasteiger charge is -2.04. The van der Waals surface area contributed by atoms with E-state index < -0.39 is 0 Å². The number of nitrogens with zero attached hydrogens (tertiary/aromatic N) is 2. The van der Waals surface area contributed by atoms with Crippen molar-refractivity contribution in [2.75, 3.05) is 12.4 Å². The Bertz CT molecular complexity index is 1080. The highest BCUT2D eigenvalue weighted by Gasteiger charge is 2.05. The fraction of sp³-hybridized carbons (Fsp3) is 0.0476. The second-order valence-corrected chi connectivity index (χ2v) is 6.77. The lowest BCUT2D eigenvalue weighted by atomic mass is 10.1. The third kappa shape index (κ3) is 3.91. The van der Waals surface area contributed by atoms with E-state index in [0.717, 1.165) is 33.2 Å². The van der Waals surface area contributed by atoms with Gasteiger partial charge in [0.2, 0.25) is 5.91 Å². The molecule has 5 nitrogen and oxygen atoms in total. The number of hydrogen-bond acceptors (Lipinski definition) is 4. The Kier molecular flexibility index (Phi) is 4.72. The average Bonchev–Trinajstić information content (AvgIpc) is 3.29. The zero-order chi connectivity index (χ0) is 18.6. The minimum atomic E-state index is -0.187. The predicted octanol–water partition coefficient (Wildman–Crippen LogP) is 4.72. The van der Waals surface area contributed by atoms with Crippen LogP contribution in [0.3, 0.4) is 0 Å². The van der Waals surface area contributed by atoms with Gasteiger partial charge in [-0.3, -0.25) is 9.20 Å². The Balaban J connectivity index is 1.42. The third-order valence-corrected chi connectivity index (χ3v) is 4.83. The number of carbonyl (C=O) groups is 1. The molecule has 0 aliphatic carbocycles. The summed E-state index contributed by atoms with van der Waals surface area (Å²) in [6.45, 7) is 0. The van der Waals surface area contributed by atoms with Gasteiger partial charge in [-0.2, -0.15) is 0 Å². The summed E-state index contributed by atoms with van der Waals surface area (Å²) in [5, 5.41) is 4.86. The molecule has 134 valence electrons. The quantitative estimate of drug-likeness (QED) is 0.513. The van der Waals surface area contributed by atoms with Crippen LogP contribution < -0.4 is 10.1 Å². The Morgan fingerprint density at radius 3 is 2.85 bits per heavy atom. The van der Waals surface area contributed by atoms with Crippen LogP contribution in [0.1, 0.15) is 5.56 Å². The van der Waals surface area contributed by atoms with Crippen LogP contribution >= 0.6 is 11.3 Å². The van der Waals surface area contributed by atoms with Crippen molar-refractivity contribution in [3.63, 3.8) is 0 Å². The summed E-state index contributed by atoms with van der Waals surface area (Å²) in [6.07, 6.45) is 7.24. The van der Waals surface area contributed by atoms with E-state index >= 15 is 0 Å². The molecule has 0 aliphatic rings. The molecule has 0 atom stereocenters.